The van der Waals surface area contributed by atoms with E-state index in [0.717, 1.165) is 57.1 Å². The van der Waals surface area contributed by atoms with E-state index in [1.807, 2.05) is 6.08 Å². The quantitative estimate of drug-likeness (QED) is 0.293. The van der Waals surface area contributed by atoms with Crippen LogP contribution in [0.5, 0.6) is 0 Å². The highest BCUT2D eigenvalue weighted by Crippen LogP contribution is 2.49. The normalized spacial score (nSPS) is 25.1. The largest absolute Gasteiger partial charge is 0.422 e. The number of benzene rings is 2. The van der Waals surface area contributed by atoms with Gasteiger partial charge in [-0.15, -0.1) is 6.58 Å². The minimum atomic E-state index is -5.25. The third-order valence-corrected chi connectivity index (χ3v) is 7.65. The molecule has 4 unspecified atom stereocenters. The van der Waals surface area contributed by atoms with Gasteiger partial charge in [0.15, 0.2) is 0 Å². The second-order valence-electron chi connectivity index (χ2n) is 9.75. The molecular formula is C27H27F7. The van der Waals surface area contributed by atoms with E-state index in [0.29, 0.717) is 35.4 Å². The van der Waals surface area contributed by atoms with Crippen LogP contribution in [0, 0.1) is 41.0 Å². The highest BCUT2D eigenvalue weighted by molar-refractivity contribution is 5.66. The summed E-state index contributed by atoms with van der Waals surface area (Å²) in [6.07, 6.45) is 4.91. The van der Waals surface area contributed by atoms with Gasteiger partial charge in [-0.25, -0.2) is 17.6 Å². The second kappa shape index (κ2) is 9.74. The standard InChI is InChI=1S/C27H27F7/c1-2-3-4-15-5-6-17-10-18(8-7-16(17)9-15)19-11-21(28)25(22(29)12-19)20-13-23(30)26(24(31)14-20)27(32,33)34/h2,11-18H,1,3-10H2. The topological polar surface area (TPSA) is 0 Å². The zero-order valence-corrected chi connectivity index (χ0v) is 18.7. The lowest BCUT2D eigenvalue weighted by atomic mass is 9.63. The predicted octanol–water partition coefficient (Wildman–Crippen LogP) is 9.19. The summed E-state index contributed by atoms with van der Waals surface area (Å²) >= 11 is 0. The zero-order valence-electron chi connectivity index (χ0n) is 18.7. The van der Waals surface area contributed by atoms with E-state index in [1.165, 1.54) is 6.42 Å². The van der Waals surface area contributed by atoms with Crippen molar-refractivity contribution < 1.29 is 30.7 Å². The first-order valence-electron chi connectivity index (χ1n) is 11.7. The van der Waals surface area contributed by atoms with Crippen molar-refractivity contribution in [2.24, 2.45) is 17.8 Å². The van der Waals surface area contributed by atoms with Crippen LogP contribution in [0.2, 0.25) is 0 Å². The van der Waals surface area contributed by atoms with E-state index >= 15 is 0 Å². The molecule has 0 heterocycles. The molecule has 4 rings (SSSR count). The van der Waals surface area contributed by atoms with Crippen LogP contribution in [0.3, 0.4) is 0 Å². The van der Waals surface area contributed by atoms with Crippen LogP contribution >= 0.6 is 0 Å². The number of hydrogen-bond acceptors (Lipinski definition) is 0. The van der Waals surface area contributed by atoms with Crippen LogP contribution in [-0.4, -0.2) is 0 Å². The minimum Gasteiger partial charge on any atom is -0.206 e. The summed E-state index contributed by atoms with van der Waals surface area (Å²) in [5.74, 6) is -4.10. The molecule has 0 radical (unpaired) electrons. The monoisotopic (exact) mass is 484 g/mol. The molecule has 0 amide bonds. The van der Waals surface area contributed by atoms with Crippen LogP contribution in [0.1, 0.15) is 68.4 Å². The summed E-state index contributed by atoms with van der Waals surface area (Å²) in [5, 5.41) is 0. The van der Waals surface area contributed by atoms with Crippen LogP contribution in [0.15, 0.2) is 36.9 Å². The summed E-state index contributed by atoms with van der Waals surface area (Å²) in [6.45, 7) is 3.79. The number of fused-ring (bicyclic) bond motifs is 1. The lowest BCUT2D eigenvalue weighted by Crippen LogP contribution is -2.30. The van der Waals surface area contributed by atoms with Gasteiger partial charge in [-0.05, 0) is 104 Å². The fourth-order valence-corrected chi connectivity index (χ4v) is 6.00. The van der Waals surface area contributed by atoms with Crippen molar-refractivity contribution in [1.29, 1.82) is 0 Å². The number of alkyl halides is 3. The summed E-state index contributed by atoms with van der Waals surface area (Å²) in [4.78, 5) is 0. The third kappa shape index (κ3) is 5.03. The maximum Gasteiger partial charge on any atom is 0.422 e. The van der Waals surface area contributed by atoms with Gasteiger partial charge in [-0.1, -0.05) is 12.5 Å². The van der Waals surface area contributed by atoms with Gasteiger partial charge in [-0.3, -0.25) is 0 Å². The van der Waals surface area contributed by atoms with E-state index in [4.69, 9.17) is 0 Å². The summed E-state index contributed by atoms with van der Waals surface area (Å²) in [5.41, 5.74) is -2.93. The van der Waals surface area contributed by atoms with Crippen molar-refractivity contribution >= 4 is 0 Å². The van der Waals surface area contributed by atoms with E-state index in [1.54, 1.807) is 0 Å². The second-order valence-corrected chi connectivity index (χ2v) is 9.75. The molecular weight excluding hydrogens is 457 g/mol. The fourth-order valence-electron chi connectivity index (χ4n) is 6.00. The van der Waals surface area contributed by atoms with Gasteiger partial charge in [-0.2, -0.15) is 13.2 Å². The zero-order chi connectivity index (χ0) is 24.6. The molecule has 0 saturated heterocycles. The van der Waals surface area contributed by atoms with Gasteiger partial charge in [0.2, 0.25) is 0 Å². The molecule has 0 nitrogen and oxygen atoms in total. The van der Waals surface area contributed by atoms with Crippen LogP contribution in [-0.2, 0) is 6.18 Å². The van der Waals surface area contributed by atoms with E-state index in [2.05, 4.69) is 6.58 Å². The van der Waals surface area contributed by atoms with Gasteiger partial charge >= 0.3 is 6.18 Å². The van der Waals surface area contributed by atoms with Gasteiger partial charge in [0.1, 0.15) is 28.8 Å². The Kier molecular flexibility index (Phi) is 7.11. The molecule has 2 fully saturated rings. The van der Waals surface area contributed by atoms with E-state index < -0.39 is 46.1 Å². The van der Waals surface area contributed by atoms with Gasteiger partial charge in [0, 0.05) is 0 Å². The lowest BCUT2D eigenvalue weighted by molar-refractivity contribution is -0.142. The highest BCUT2D eigenvalue weighted by atomic mass is 19.4. The number of hydrogen-bond donors (Lipinski definition) is 0. The average Bonchev–Trinajstić information content (AvgIpc) is 2.75. The Labute approximate surface area is 194 Å². The molecule has 7 heteroatoms. The molecule has 184 valence electrons. The number of rotatable bonds is 5. The lowest BCUT2D eigenvalue weighted by Gasteiger charge is -2.42. The first-order chi connectivity index (χ1) is 16.1. The van der Waals surface area contributed by atoms with Crippen LogP contribution < -0.4 is 0 Å². The van der Waals surface area contributed by atoms with Gasteiger partial charge in [0.25, 0.3) is 0 Å². The molecule has 0 spiro atoms. The minimum absolute atomic E-state index is 0.0231. The average molecular weight is 484 g/mol. The first kappa shape index (κ1) is 24.8. The first-order valence-corrected chi connectivity index (χ1v) is 11.7. The predicted molar refractivity (Wildman–Crippen MR) is 117 cm³/mol. The summed E-state index contributed by atoms with van der Waals surface area (Å²) < 4.78 is 96.3. The Morgan fingerprint density at radius 3 is 1.97 bits per heavy atom. The van der Waals surface area contributed by atoms with E-state index in [-0.39, 0.29) is 5.92 Å². The van der Waals surface area contributed by atoms with Crippen LogP contribution in [0.4, 0.5) is 30.7 Å². The summed E-state index contributed by atoms with van der Waals surface area (Å²) in [7, 11) is 0. The molecule has 2 aromatic carbocycles. The molecule has 0 N–H and O–H groups in total. The maximum absolute atomic E-state index is 14.9. The number of halogens is 7. The molecule has 2 aliphatic carbocycles. The maximum atomic E-state index is 14.9. The molecule has 2 aromatic rings. The molecule has 0 bridgehead atoms. The van der Waals surface area contributed by atoms with E-state index in [9.17, 15) is 30.7 Å². The molecule has 4 atom stereocenters. The van der Waals surface area contributed by atoms with Crippen molar-refractivity contribution in [1.82, 2.24) is 0 Å². The molecule has 0 aliphatic heterocycles. The molecule has 34 heavy (non-hydrogen) atoms. The Morgan fingerprint density at radius 1 is 0.794 bits per heavy atom. The summed E-state index contributed by atoms with van der Waals surface area (Å²) in [6, 6.07) is 2.96. The molecule has 2 aliphatic rings. The van der Waals surface area contributed by atoms with Crippen LogP contribution in [0.25, 0.3) is 11.1 Å². The smallest absolute Gasteiger partial charge is 0.206 e. The van der Waals surface area contributed by atoms with Gasteiger partial charge < -0.3 is 0 Å². The Hall–Kier alpha value is -2.31. The Balaban J connectivity index is 1.54. The van der Waals surface area contributed by atoms with Crippen molar-refractivity contribution in [2.75, 3.05) is 0 Å². The van der Waals surface area contributed by atoms with Crippen molar-refractivity contribution in [3.8, 4) is 11.1 Å². The van der Waals surface area contributed by atoms with Gasteiger partial charge in [0.05, 0.1) is 5.56 Å². The fraction of sp³-hybridized carbons (Fsp3) is 0.481. The Morgan fingerprint density at radius 2 is 1.38 bits per heavy atom. The van der Waals surface area contributed by atoms with Crippen molar-refractivity contribution in [3.05, 3.63) is 71.3 Å². The SMILES string of the molecule is C=CCCC1CCC2CC(c3cc(F)c(-c4cc(F)c(C(F)(F)F)c(F)c4)c(F)c3)CCC2C1. The third-order valence-electron chi connectivity index (χ3n) is 7.65. The number of allylic oxidation sites excluding steroid dienone is 1. The molecule has 0 aromatic heterocycles. The molecule has 2 saturated carbocycles. The van der Waals surface area contributed by atoms with Crippen molar-refractivity contribution in [2.45, 2.75) is 63.5 Å². The van der Waals surface area contributed by atoms with Crippen molar-refractivity contribution in [3.63, 3.8) is 0 Å². The highest BCUT2D eigenvalue weighted by Gasteiger charge is 2.39. The Bertz CT molecular complexity index is 1010.